The molecule has 0 saturated carbocycles. The molecule has 0 fully saturated rings. The van der Waals surface area contributed by atoms with Crippen LogP contribution in [0.3, 0.4) is 0 Å². The molecule has 3 rings (SSSR count). The molecule has 1 aromatic carbocycles. The van der Waals surface area contributed by atoms with Gasteiger partial charge in [-0.05, 0) is 48.5 Å². The second-order valence-corrected chi connectivity index (χ2v) is 6.41. The third-order valence-corrected chi connectivity index (χ3v) is 4.38. The standard InChI is InChI=1S/C19H13ClN2O2S/c20-14-6-8-15(9-7-14)22-19(23)24-13-3-4-16-10-11-18(25-16)17-5-1-2-12-21-17/h1-2,5-12H,13H2,(H,22,23). The predicted octanol–water partition coefficient (Wildman–Crippen LogP) is 5.06. The van der Waals surface area contributed by atoms with Crippen molar-refractivity contribution in [2.45, 2.75) is 0 Å². The van der Waals surface area contributed by atoms with Gasteiger partial charge in [0.05, 0.1) is 15.4 Å². The molecule has 0 aliphatic heterocycles. The van der Waals surface area contributed by atoms with Crippen molar-refractivity contribution in [3.8, 4) is 22.4 Å². The summed E-state index contributed by atoms with van der Waals surface area (Å²) >= 11 is 7.33. The number of hydrogen-bond acceptors (Lipinski definition) is 4. The molecule has 3 aromatic rings. The summed E-state index contributed by atoms with van der Waals surface area (Å²) in [6, 6.07) is 16.4. The van der Waals surface area contributed by atoms with Gasteiger partial charge >= 0.3 is 6.09 Å². The second kappa shape index (κ2) is 8.34. The average molecular weight is 369 g/mol. The van der Waals surface area contributed by atoms with Crippen LogP contribution in [0.2, 0.25) is 5.02 Å². The van der Waals surface area contributed by atoms with E-state index in [9.17, 15) is 4.79 Å². The van der Waals surface area contributed by atoms with E-state index >= 15 is 0 Å². The largest absolute Gasteiger partial charge is 0.436 e. The Morgan fingerprint density at radius 3 is 2.76 bits per heavy atom. The highest BCUT2D eigenvalue weighted by molar-refractivity contribution is 7.16. The molecule has 1 N–H and O–H groups in total. The molecule has 2 aromatic heterocycles. The van der Waals surface area contributed by atoms with E-state index < -0.39 is 6.09 Å². The van der Waals surface area contributed by atoms with Gasteiger partial charge in [0.2, 0.25) is 0 Å². The van der Waals surface area contributed by atoms with Gasteiger partial charge in [-0.15, -0.1) is 11.3 Å². The maximum Gasteiger partial charge on any atom is 0.412 e. The number of anilines is 1. The van der Waals surface area contributed by atoms with Crippen LogP contribution in [0.15, 0.2) is 60.8 Å². The van der Waals surface area contributed by atoms with Gasteiger partial charge in [-0.1, -0.05) is 29.5 Å². The summed E-state index contributed by atoms with van der Waals surface area (Å²) in [6.07, 6.45) is 1.20. The molecule has 0 radical (unpaired) electrons. The Balaban J connectivity index is 1.50. The van der Waals surface area contributed by atoms with E-state index in [2.05, 4.69) is 22.1 Å². The highest BCUT2D eigenvalue weighted by Gasteiger charge is 2.03. The third kappa shape index (κ3) is 5.08. The van der Waals surface area contributed by atoms with Crippen LogP contribution in [-0.4, -0.2) is 17.7 Å². The molecule has 4 nitrogen and oxygen atoms in total. The van der Waals surface area contributed by atoms with Crippen molar-refractivity contribution in [1.29, 1.82) is 0 Å². The number of nitrogens with one attached hydrogen (secondary N) is 1. The summed E-state index contributed by atoms with van der Waals surface area (Å²) in [5.74, 6) is 5.81. The Bertz CT molecular complexity index is 912. The average Bonchev–Trinajstić information content (AvgIpc) is 3.10. The van der Waals surface area contributed by atoms with Gasteiger partial charge in [0, 0.05) is 16.9 Å². The van der Waals surface area contributed by atoms with E-state index in [1.807, 2.05) is 30.3 Å². The van der Waals surface area contributed by atoms with Gasteiger partial charge in [0.25, 0.3) is 0 Å². The van der Waals surface area contributed by atoms with Gasteiger partial charge in [0.1, 0.15) is 0 Å². The fourth-order valence-corrected chi connectivity index (χ4v) is 2.95. The SMILES string of the molecule is O=C(Nc1ccc(Cl)cc1)OCC#Cc1ccc(-c2ccccn2)s1. The van der Waals surface area contributed by atoms with E-state index in [-0.39, 0.29) is 6.61 Å². The number of carbonyl (C=O) groups excluding carboxylic acids is 1. The van der Waals surface area contributed by atoms with Crippen molar-refractivity contribution >= 4 is 34.7 Å². The first kappa shape index (κ1) is 17.0. The van der Waals surface area contributed by atoms with Gasteiger partial charge in [-0.2, -0.15) is 0 Å². The third-order valence-electron chi connectivity index (χ3n) is 3.10. The Morgan fingerprint density at radius 2 is 2.00 bits per heavy atom. The predicted molar refractivity (Wildman–Crippen MR) is 101 cm³/mol. The second-order valence-electron chi connectivity index (χ2n) is 4.89. The zero-order valence-electron chi connectivity index (χ0n) is 13.0. The monoisotopic (exact) mass is 368 g/mol. The van der Waals surface area contributed by atoms with Crippen LogP contribution >= 0.6 is 22.9 Å². The molecular weight excluding hydrogens is 356 g/mol. The lowest BCUT2D eigenvalue weighted by Gasteiger charge is -2.04. The lowest BCUT2D eigenvalue weighted by molar-refractivity contribution is 0.176. The minimum absolute atomic E-state index is 0.0102. The first-order chi connectivity index (χ1) is 12.2. The van der Waals surface area contributed by atoms with E-state index in [0.717, 1.165) is 15.4 Å². The normalized spacial score (nSPS) is 9.80. The summed E-state index contributed by atoms with van der Waals surface area (Å²) in [5, 5.41) is 3.20. The number of rotatable bonds is 3. The van der Waals surface area contributed by atoms with E-state index in [4.69, 9.17) is 16.3 Å². The quantitative estimate of drug-likeness (QED) is 0.657. The summed E-state index contributed by atoms with van der Waals surface area (Å²) in [6.45, 7) is 0.0102. The fraction of sp³-hybridized carbons (Fsp3) is 0.0526. The molecule has 0 aliphatic rings. The molecule has 124 valence electrons. The van der Waals surface area contributed by atoms with Crippen molar-refractivity contribution in [2.24, 2.45) is 0 Å². The van der Waals surface area contributed by atoms with Crippen molar-refractivity contribution in [2.75, 3.05) is 11.9 Å². The highest BCUT2D eigenvalue weighted by Crippen LogP contribution is 2.25. The lowest BCUT2D eigenvalue weighted by atomic mass is 10.3. The number of amides is 1. The molecule has 0 saturated heterocycles. The van der Waals surface area contributed by atoms with Gasteiger partial charge in [0.15, 0.2) is 6.61 Å². The summed E-state index contributed by atoms with van der Waals surface area (Å²) < 4.78 is 5.03. The maximum absolute atomic E-state index is 11.7. The summed E-state index contributed by atoms with van der Waals surface area (Å²) in [7, 11) is 0. The minimum Gasteiger partial charge on any atom is -0.436 e. The number of ether oxygens (including phenoxy) is 1. The lowest BCUT2D eigenvalue weighted by Crippen LogP contribution is -2.13. The van der Waals surface area contributed by atoms with Crippen molar-refractivity contribution in [1.82, 2.24) is 4.98 Å². The van der Waals surface area contributed by atoms with Crippen molar-refractivity contribution in [3.63, 3.8) is 0 Å². The molecule has 2 heterocycles. The first-order valence-electron chi connectivity index (χ1n) is 7.40. The molecule has 0 unspecified atom stereocenters. The van der Waals surface area contributed by atoms with Crippen LogP contribution in [0.4, 0.5) is 10.5 Å². The zero-order chi connectivity index (χ0) is 17.5. The van der Waals surface area contributed by atoms with Crippen LogP contribution in [-0.2, 0) is 4.74 Å². The molecular formula is C19H13ClN2O2S. The molecule has 0 bridgehead atoms. The van der Waals surface area contributed by atoms with Gasteiger partial charge in [-0.3, -0.25) is 10.3 Å². The maximum atomic E-state index is 11.7. The molecule has 0 spiro atoms. The van der Waals surface area contributed by atoms with Crippen LogP contribution in [0.25, 0.3) is 10.6 Å². The van der Waals surface area contributed by atoms with Crippen molar-refractivity contribution < 1.29 is 9.53 Å². The first-order valence-corrected chi connectivity index (χ1v) is 8.59. The minimum atomic E-state index is -0.558. The Morgan fingerprint density at radius 1 is 1.16 bits per heavy atom. The Hall–Kier alpha value is -2.81. The molecule has 0 aliphatic carbocycles. The number of hydrogen-bond donors (Lipinski definition) is 1. The summed E-state index contributed by atoms with van der Waals surface area (Å²) in [4.78, 5) is 17.9. The Labute approximate surface area is 154 Å². The van der Waals surface area contributed by atoms with E-state index in [0.29, 0.717) is 10.7 Å². The van der Waals surface area contributed by atoms with Crippen LogP contribution in [0.5, 0.6) is 0 Å². The zero-order valence-corrected chi connectivity index (χ0v) is 14.6. The molecule has 0 atom stereocenters. The van der Waals surface area contributed by atoms with Crippen molar-refractivity contribution in [3.05, 3.63) is 70.7 Å². The highest BCUT2D eigenvalue weighted by atomic mass is 35.5. The molecule has 1 amide bonds. The summed E-state index contributed by atoms with van der Waals surface area (Å²) in [5.41, 5.74) is 1.53. The van der Waals surface area contributed by atoms with Gasteiger partial charge < -0.3 is 4.74 Å². The number of pyridine rings is 1. The fourth-order valence-electron chi connectivity index (χ4n) is 1.96. The van der Waals surface area contributed by atoms with Gasteiger partial charge in [-0.25, -0.2) is 4.79 Å². The number of halogens is 1. The number of benzene rings is 1. The van der Waals surface area contributed by atoms with Crippen LogP contribution < -0.4 is 5.32 Å². The number of carbonyl (C=O) groups is 1. The molecule has 25 heavy (non-hydrogen) atoms. The number of thiophene rings is 1. The number of nitrogens with zero attached hydrogens (tertiary/aromatic N) is 1. The van der Waals surface area contributed by atoms with Crippen LogP contribution in [0.1, 0.15) is 4.88 Å². The molecule has 6 heteroatoms. The number of aromatic nitrogens is 1. The van der Waals surface area contributed by atoms with E-state index in [1.165, 1.54) is 0 Å². The van der Waals surface area contributed by atoms with E-state index in [1.54, 1.807) is 41.8 Å². The topological polar surface area (TPSA) is 51.2 Å². The smallest absolute Gasteiger partial charge is 0.412 e. The van der Waals surface area contributed by atoms with Crippen LogP contribution in [0, 0.1) is 11.8 Å². The Kier molecular flexibility index (Phi) is 5.68.